The van der Waals surface area contributed by atoms with E-state index in [0.717, 1.165) is 11.0 Å². The van der Waals surface area contributed by atoms with Gasteiger partial charge in [-0.1, -0.05) is 71.1 Å². The third-order valence-corrected chi connectivity index (χ3v) is 6.23. The molecule has 0 unspecified atom stereocenters. The van der Waals surface area contributed by atoms with Crippen molar-refractivity contribution in [3.05, 3.63) is 59.7 Å². The number of hydrogen-bond acceptors (Lipinski definition) is 7. The molecule has 0 spiro atoms. The van der Waals surface area contributed by atoms with Crippen LogP contribution in [0.2, 0.25) is 0 Å². The lowest BCUT2D eigenvalue weighted by Crippen LogP contribution is -2.27. The van der Waals surface area contributed by atoms with Gasteiger partial charge in [-0.05, 0) is 28.7 Å². The van der Waals surface area contributed by atoms with Crippen molar-refractivity contribution in [3.8, 4) is 11.1 Å². The molecule has 0 saturated carbocycles. The highest BCUT2D eigenvalue weighted by Gasteiger charge is 2.28. The SMILES string of the molecule is O=C(NCCCOCCOCCOCCOCCOCCI)OCC1c2ccccc2-c2ccccc21. The first-order valence-electron chi connectivity index (χ1n) is 12.8. The molecule has 2 aromatic carbocycles. The Bertz CT molecular complexity index is 868. The van der Waals surface area contributed by atoms with Crippen molar-refractivity contribution < 1.29 is 33.2 Å². The van der Waals surface area contributed by atoms with Crippen LogP contribution in [-0.4, -0.2) is 89.7 Å². The fourth-order valence-corrected chi connectivity index (χ4v) is 4.36. The van der Waals surface area contributed by atoms with Gasteiger partial charge in [0, 0.05) is 23.5 Å². The van der Waals surface area contributed by atoms with Crippen LogP contribution < -0.4 is 5.32 Å². The standard InChI is InChI=1S/C28H38INO7/c29-10-13-33-15-17-35-19-21-36-20-18-34-16-14-32-12-5-11-30-28(31)37-22-27-25-8-3-1-6-23(25)24-7-2-4-9-26(24)27/h1-4,6-9,27H,5,10-22H2,(H,30,31). The van der Waals surface area contributed by atoms with Crippen LogP contribution in [0.4, 0.5) is 4.79 Å². The Balaban J connectivity index is 1.12. The van der Waals surface area contributed by atoms with Crippen molar-refractivity contribution in [2.75, 3.05) is 83.6 Å². The fourth-order valence-electron chi connectivity index (χ4n) is 4.05. The average Bonchev–Trinajstić information content (AvgIpc) is 3.25. The molecule has 1 N–H and O–H groups in total. The smallest absolute Gasteiger partial charge is 0.407 e. The molecule has 0 atom stereocenters. The molecule has 204 valence electrons. The van der Waals surface area contributed by atoms with Crippen molar-refractivity contribution in [2.24, 2.45) is 0 Å². The lowest BCUT2D eigenvalue weighted by molar-refractivity contribution is -0.0101. The molecule has 1 amide bonds. The quantitative estimate of drug-likeness (QED) is 0.132. The first-order chi connectivity index (χ1) is 18.3. The molecular weight excluding hydrogens is 589 g/mol. The molecular formula is C28H38INO7. The van der Waals surface area contributed by atoms with Crippen LogP contribution >= 0.6 is 22.6 Å². The number of ether oxygens (including phenoxy) is 6. The summed E-state index contributed by atoms with van der Waals surface area (Å²) in [5, 5.41) is 2.80. The van der Waals surface area contributed by atoms with E-state index in [9.17, 15) is 4.79 Å². The predicted octanol–water partition coefficient (Wildman–Crippen LogP) is 4.43. The minimum Gasteiger partial charge on any atom is -0.449 e. The number of alkyl carbamates (subject to hydrolysis) is 1. The molecule has 1 aliphatic rings. The van der Waals surface area contributed by atoms with Crippen LogP contribution in [0, 0.1) is 0 Å². The summed E-state index contributed by atoms with van der Waals surface area (Å²) in [7, 11) is 0. The number of amides is 1. The lowest BCUT2D eigenvalue weighted by Gasteiger charge is -2.14. The molecule has 0 bridgehead atoms. The van der Waals surface area contributed by atoms with Gasteiger partial charge in [0.1, 0.15) is 6.61 Å². The Morgan fingerprint density at radius 1 is 0.676 bits per heavy atom. The van der Waals surface area contributed by atoms with E-state index in [-0.39, 0.29) is 5.92 Å². The van der Waals surface area contributed by atoms with Gasteiger partial charge >= 0.3 is 6.09 Å². The number of nitrogens with one attached hydrogen (secondary N) is 1. The van der Waals surface area contributed by atoms with Crippen LogP contribution in [0.25, 0.3) is 11.1 Å². The zero-order valence-electron chi connectivity index (χ0n) is 21.3. The number of halogens is 1. The summed E-state index contributed by atoms with van der Waals surface area (Å²) in [6, 6.07) is 16.6. The number of carbonyl (C=O) groups excluding carboxylic acids is 1. The summed E-state index contributed by atoms with van der Waals surface area (Å²) in [6.45, 7) is 6.50. The second kappa shape index (κ2) is 18.5. The Hall–Kier alpha value is -1.76. The first-order valence-corrected chi connectivity index (χ1v) is 14.4. The van der Waals surface area contributed by atoms with Gasteiger partial charge in [0.2, 0.25) is 0 Å². The summed E-state index contributed by atoms with van der Waals surface area (Å²) in [5.74, 6) is 0.0652. The minimum absolute atomic E-state index is 0.0652. The largest absolute Gasteiger partial charge is 0.449 e. The summed E-state index contributed by atoms with van der Waals surface area (Å²) < 4.78 is 33.7. The Morgan fingerprint density at radius 2 is 1.14 bits per heavy atom. The molecule has 8 nitrogen and oxygen atoms in total. The average molecular weight is 628 g/mol. The highest BCUT2D eigenvalue weighted by molar-refractivity contribution is 14.1. The van der Waals surface area contributed by atoms with Crippen LogP contribution in [0.1, 0.15) is 23.5 Å². The van der Waals surface area contributed by atoms with Gasteiger partial charge in [-0.15, -0.1) is 0 Å². The van der Waals surface area contributed by atoms with Gasteiger partial charge in [-0.2, -0.15) is 0 Å². The molecule has 0 fully saturated rings. The molecule has 0 heterocycles. The highest BCUT2D eigenvalue weighted by Crippen LogP contribution is 2.44. The molecule has 37 heavy (non-hydrogen) atoms. The maximum atomic E-state index is 12.2. The third kappa shape index (κ3) is 10.9. The van der Waals surface area contributed by atoms with Crippen molar-refractivity contribution in [1.82, 2.24) is 5.32 Å². The highest BCUT2D eigenvalue weighted by atomic mass is 127. The van der Waals surface area contributed by atoms with E-state index < -0.39 is 6.09 Å². The first kappa shape index (κ1) is 29.8. The van der Waals surface area contributed by atoms with Crippen molar-refractivity contribution >= 4 is 28.7 Å². The van der Waals surface area contributed by atoms with Gasteiger partial charge in [0.15, 0.2) is 0 Å². The molecule has 0 saturated heterocycles. The Labute approximate surface area is 233 Å². The van der Waals surface area contributed by atoms with Crippen molar-refractivity contribution in [2.45, 2.75) is 12.3 Å². The monoisotopic (exact) mass is 627 g/mol. The van der Waals surface area contributed by atoms with E-state index in [1.54, 1.807) is 0 Å². The predicted molar refractivity (Wildman–Crippen MR) is 151 cm³/mol. The summed E-state index contributed by atoms with van der Waals surface area (Å²) >= 11 is 2.28. The fraction of sp³-hybridized carbons (Fsp3) is 0.536. The minimum atomic E-state index is -0.403. The van der Waals surface area contributed by atoms with E-state index in [4.69, 9.17) is 28.4 Å². The van der Waals surface area contributed by atoms with Crippen LogP contribution in [0.15, 0.2) is 48.5 Å². The molecule has 9 heteroatoms. The van der Waals surface area contributed by atoms with Gasteiger partial charge in [0.05, 0.1) is 59.5 Å². The van der Waals surface area contributed by atoms with Crippen molar-refractivity contribution in [3.63, 3.8) is 0 Å². The zero-order valence-corrected chi connectivity index (χ0v) is 23.5. The Morgan fingerprint density at radius 3 is 1.65 bits per heavy atom. The maximum Gasteiger partial charge on any atom is 0.407 e. The van der Waals surface area contributed by atoms with E-state index in [2.05, 4.69) is 52.2 Å². The molecule has 0 aliphatic heterocycles. The van der Waals surface area contributed by atoms with Gasteiger partial charge in [-0.3, -0.25) is 0 Å². The third-order valence-electron chi connectivity index (χ3n) is 5.79. The molecule has 2 aromatic rings. The van der Waals surface area contributed by atoms with Gasteiger partial charge in [0.25, 0.3) is 0 Å². The maximum absolute atomic E-state index is 12.2. The zero-order chi connectivity index (χ0) is 26.0. The molecule has 0 radical (unpaired) electrons. The van der Waals surface area contributed by atoms with E-state index in [1.807, 2.05) is 24.3 Å². The summed E-state index contributed by atoms with van der Waals surface area (Å²) in [5.41, 5.74) is 4.84. The number of alkyl halides is 1. The summed E-state index contributed by atoms with van der Waals surface area (Å²) in [4.78, 5) is 12.2. The molecule has 3 rings (SSSR count). The Kier molecular flexibility index (Phi) is 14.9. The second-order valence-electron chi connectivity index (χ2n) is 8.36. The van der Waals surface area contributed by atoms with Gasteiger partial charge < -0.3 is 33.7 Å². The van der Waals surface area contributed by atoms with E-state index >= 15 is 0 Å². The van der Waals surface area contributed by atoms with Crippen LogP contribution in [0.3, 0.4) is 0 Å². The molecule has 0 aromatic heterocycles. The second-order valence-corrected chi connectivity index (χ2v) is 9.44. The number of rotatable bonds is 20. The summed E-state index contributed by atoms with van der Waals surface area (Å²) in [6.07, 6.45) is 0.302. The number of fused-ring (bicyclic) bond motifs is 3. The topological polar surface area (TPSA) is 84.5 Å². The normalized spacial score (nSPS) is 12.4. The lowest BCUT2D eigenvalue weighted by atomic mass is 9.98. The van der Waals surface area contributed by atoms with E-state index in [1.165, 1.54) is 22.3 Å². The van der Waals surface area contributed by atoms with E-state index in [0.29, 0.717) is 79.0 Å². The number of carbonyl (C=O) groups is 1. The number of hydrogen-bond donors (Lipinski definition) is 1. The van der Waals surface area contributed by atoms with Gasteiger partial charge in [-0.25, -0.2) is 4.79 Å². The van der Waals surface area contributed by atoms with Crippen LogP contribution in [-0.2, 0) is 28.4 Å². The number of benzene rings is 2. The van der Waals surface area contributed by atoms with Crippen LogP contribution in [0.5, 0.6) is 0 Å². The van der Waals surface area contributed by atoms with Crippen molar-refractivity contribution in [1.29, 1.82) is 0 Å². The molecule has 1 aliphatic carbocycles.